The number of carbonyl (C=O) groups is 1. The molecule has 1 atom stereocenters. The first kappa shape index (κ1) is 18.0. The van der Waals surface area contributed by atoms with E-state index >= 15 is 0 Å². The quantitative estimate of drug-likeness (QED) is 0.714. The van der Waals surface area contributed by atoms with Crippen LogP contribution in [-0.2, 0) is 4.79 Å². The van der Waals surface area contributed by atoms with E-state index in [0.29, 0.717) is 23.4 Å². The number of rotatable bonds is 8. The van der Waals surface area contributed by atoms with E-state index in [1.165, 1.54) is 0 Å². The average molecular weight is 311 g/mol. The monoisotopic (exact) mass is 310 g/mol. The van der Waals surface area contributed by atoms with Gasteiger partial charge in [0.05, 0.1) is 6.04 Å². The molecule has 1 rings (SSSR count). The fourth-order valence-corrected chi connectivity index (χ4v) is 2.32. The van der Waals surface area contributed by atoms with Crippen molar-refractivity contribution in [3.05, 3.63) is 34.9 Å². The third kappa shape index (κ3) is 6.96. The molecule has 0 bridgehead atoms. The third-order valence-corrected chi connectivity index (χ3v) is 3.60. The van der Waals surface area contributed by atoms with Gasteiger partial charge >= 0.3 is 0 Å². The number of carbonyl (C=O) groups excluding carboxylic acids is 1. The first-order chi connectivity index (χ1) is 9.90. The van der Waals surface area contributed by atoms with Crippen LogP contribution in [0.3, 0.4) is 0 Å². The molecule has 0 fully saturated rings. The van der Waals surface area contributed by atoms with Crippen molar-refractivity contribution in [2.24, 2.45) is 5.92 Å². The molecule has 1 unspecified atom stereocenters. The van der Waals surface area contributed by atoms with E-state index in [-0.39, 0.29) is 11.9 Å². The lowest BCUT2D eigenvalue weighted by Crippen LogP contribution is -2.32. The summed E-state index contributed by atoms with van der Waals surface area (Å²) < 4.78 is 0. The fourth-order valence-electron chi connectivity index (χ4n) is 2.19. The molecular weight excluding hydrogens is 284 g/mol. The minimum atomic E-state index is 0.0350. The molecule has 0 aromatic heterocycles. The number of nitrogens with one attached hydrogen (secondary N) is 2. The molecule has 0 saturated carbocycles. The van der Waals surface area contributed by atoms with Gasteiger partial charge in [0.1, 0.15) is 0 Å². The molecule has 0 heterocycles. The minimum Gasteiger partial charge on any atom is -0.349 e. The second kappa shape index (κ2) is 9.06. The molecule has 0 aliphatic rings. The molecule has 0 aliphatic heterocycles. The molecule has 3 nitrogen and oxygen atoms in total. The van der Waals surface area contributed by atoms with Gasteiger partial charge in [-0.15, -0.1) is 0 Å². The molecule has 1 aromatic carbocycles. The average Bonchev–Trinajstić information content (AvgIpc) is 2.41. The lowest BCUT2D eigenvalue weighted by Gasteiger charge is -2.23. The highest BCUT2D eigenvalue weighted by molar-refractivity contribution is 6.30. The van der Waals surface area contributed by atoms with Gasteiger partial charge in [-0.2, -0.15) is 0 Å². The number of hydrogen-bond donors (Lipinski definition) is 2. The Morgan fingerprint density at radius 2 is 1.76 bits per heavy atom. The Bertz CT molecular complexity index is 429. The Morgan fingerprint density at radius 1 is 1.14 bits per heavy atom. The Hall–Kier alpha value is -1.06. The summed E-state index contributed by atoms with van der Waals surface area (Å²) in [6, 6.07) is 8.19. The van der Waals surface area contributed by atoms with Gasteiger partial charge in [-0.3, -0.25) is 4.79 Å². The van der Waals surface area contributed by atoms with Crippen LogP contribution in [0.25, 0.3) is 0 Å². The first-order valence-corrected chi connectivity index (χ1v) is 8.06. The van der Waals surface area contributed by atoms with Gasteiger partial charge in [0.25, 0.3) is 0 Å². The van der Waals surface area contributed by atoms with E-state index in [0.717, 1.165) is 18.5 Å². The van der Waals surface area contributed by atoms with Crippen molar-refractivity contribution in [1.29, 1.82) is 0 Å². The lowest BCUT2D eigenvalue weighted by molar-refractivity contribution is -0.122. The number of halogens is 1. The molecule has 1 aromatic rings. The highest BCUT2D eigenvalue weighted by Crippen LogP contribution is 2.23. The molecule has 4 heteroatoms. The smallest absolute Gasteiger partial charge is 0.220 e. The number of hydrogen-bond acceptors (Lipinski definition) is 2. The van der Waals surface area contributed by atoms with Crippen LogP contribution in [0.2, 0.25) is 5.02 Å². The van der Waals surface area contributed by atoms with E-state index < -0.39 is 0 Å². The van der Waals surface area contributed by atoms with Gasteiger partial charge in [-0.1, -0.05) is 51.4 Å². The predicted molar refractivity (Wildman–Crippen MR) is 89.5 cm³/mol. The summed E-state index contributed by atoms with van der Waals surface area (Å²) in [5, 5.41) is 7.17. The molecule has 118 valence electrons. The summed E-state index contributed by atoms with van der Waals surface area (Å²) in [5.74, 6) is 0.443. The van der Waals surface area contributed by atoms with Crippen LogP contribution in [0.4, 0.5) is 0 Å². The van der Waals surface area contributed by atoms with Crippen molar-refractivity contribution in [2.45, 2.75) is 52.6 Å². The van der Waals surface area contributed by atoms with Gasteiger partial charge in [0, 0.05) is 17.5 Å². The van der Waals surface area contributed by atoms with Crippen molar-refractivity contribution in [1.82, 2.24) is 10.6 Å². The molecule has 21 heavy (non-hydrogen) atoms. The molecule has 0 saturated heterocycles. The Labute approximate surface area is 133 Å². The highest BCUT2D eigenvalue weighted by Gasteiger charge is 2.17. The summed E-state index contributed by atoms with van der Waals surface area (Å²) in [6.45, 7) is 9.31. The van der Waals surface area contributed by atoms with Crippen molar-refractivity contribution in [2.75, 3.05) is 6.54 Å². The second-order valence-corrected chi connectivity index (χ2v) is 6.49. The van der Waals surface area contributed by atoms with Gasteiger partial charge in [-0.25, -0.2) is 0 Å². The summed E-state index contributed by atoms with van der Waals surface area (Å²) in [4.78, 5) is 12.1. The zero-order valence-corrected chi connectivity index (χ0v) is 14.2. The molecule has 2 N–H and O–H groups in total. The standard InChI is InChI=1S/C17H27ClN2O/c1-12(2)17(14-7-9-15(18)10-8-14)20-16(21)6-5-11-19-13(3)4/h7-10,12-13,17,19H,5-6,11H2,1-4H3,(H,20,21). The number of benzene rings is 1. The Morgan fingerprint density at radius 3 is 2.29 bits per heavy atom. The largest absolute Gasteiger partial charge is 0.349 e. The maximum Gasteiger partial charge on any atom is 0.220 e. The topological polar surface area (TPSA) is 41.1 Å². The van der Waals surface area contributed by atoms with E-state index in [1.54, 1.807) is 0 Å². The van der Waals surface area contributed by atoms with Crippen LogP contribution in [0.5, 0.6) is 0 Å². The van der Waals surface area contributed by atoms with Crippen LogP contribution >= 0.6 is 11.6 Å². The van der Waals surface area contributed by atoms with Crippen molar-refractivity contribution >= 4 is 17.5 Å². The molecular formula is C17H27ClN2O. The normalized spacial score (nSPS) is 12.7. The van der Waals surface area contributed by atoms with E-state index in [4.69, 9.17) is 11.6 Å². The van der Waals surface area contributed by atoms with Crippen molar-refractivity contribution < 1.29 is 4.79 Å². The molecule has 0 spiro atoms. The zero-order valence-electron chi connectivity index (χ0n) is 13.4. The summed E-state index contributed by atoms with van der Waals surface area (Å²) in [6.07, 6.45) is 1.41. The molecule has 1 amide bonds. The predicted octanol–water partition coefficient (Wildman–Crippen LogP) is 3.93. The highest BCUT2D eigenvalue weighted by atomic mass is 35.5. The van der Waals surface area contributed by atoms with Crippen LogP contribution in [0.1, 0.15) is 52.1 Å². The number of amides is 1. The van der Waals surface area contributed by atoms with Gasteiger partial charge in [0.15, 0.2) is 0 Å². The SMILES string of the molecule is CC(C)NCCCC(=O)NC(c1ccc(Cl)cc1)C(C)C. The first-order valence-electron chi connectivity index (χ1n) is 7.68. The summed E-state index contributed by atoms with van der Waals surface area (Å²) >= 11 is 5.92. The third-order valence-electron chi connectivity index (χ3n) is 3.35. The van der Waals surface area contributed by atoms with E-state index in [1.807, 2.05) is 24.3 Å². The Kier molecular flexibility index (Phi) is 7.76. The van der Waals surface area contributed by atoms with Gasteiger partial charge in [0.2, 0.25) is 5.91 Å². The second-order valence-electron chi connectivity index (χ2n) is 6.05. The minimum absolute atomic E-state index is 0.0350. The van der Waals surface area contributed by atoms with E-state index in [9.17, 15) is 4.79 Å². The van der Waals surface area contributed by atoms with Gasteiger partial charge in [-0.05, 0) is 36.6 Å². The lowest BCUT2D eigenvalue weighted by atomic mass is 9.96. The van der Waals surface area contributed by atoms with Crippen LogP contribution in [0.15, 0.2) is 24.3 Å². The Balaban J connectivity index is 2.51. The van der Waals surface area contributed by atoms with Crippen molar-refractivity contribution in [3.63, 3.8) is 0 Å². The summed E-state index contributed by atoms with van der Waals surface area (Å²) in [7, 11) is 0. The molecule has 0 aliphatic carbocycles. The molecule has 0 radical (unpaired) electrons. The van der Waals surface area contributed by atoms with Crippen molar-refractivity contribution in [3.8, 4) is 0 Å². The van der Waals surface area contributed by atoms with Crippen LogP contribution < -0.4 is 10.6 Å². The maximum atomic E-state index is 12.1. The van der Waals surface area contributed by atoms with Gasteiger partial charge < -0.3 is 10.6 Å². The zero-order chi connectivity index (χ0) is 15.8. The van der Waals surface area contributed by atoms with Crippen LogP contribution in [-0.4, -0.2) is 18.5 Å². The van der Waals surface area contributed by atoms with E-state index in [2.05, 4.69) is 38.3 Å². The fraction of sp³-hybridized carbons (Fsp3) is 0.588. The maximum absolute atomic E-state index is 12.1. The van der Waals surface area contributed by atoms with Crippen LogP contribution in [0, 0.1) is 5.92 Å². The summed E-state index contributed by atoms with van der Waals surface area (Å²) in [5.41, 5.74) is 1.10.